The summed E-state index contributed by atoms with van der Waals surface area (Å²) < 4.78 is 12.1. The predicted molar refractivity (Wildman–Crippen MR) is 123 cm³/mol. The number of methoxy groups -OCH3 is 1. The molecular formula is C25H30N4O4. The molecule has 1 aliphatic heterocycles. The summed E-state index contributed by atoms with van der Waals surface area (Å²) in [6, 6.07) is 11.8. The molecule has 0 aliphatic carbocycles. The van der Waals surface area contributed by atoms with Crippen LogP contribution < -0.4 is 0 Å². The molecule has 0 saturated carbocycles. The number of carbonyl (C=O) groups is 2. The molecule has 3 heterocycles. The highest BCUT2D eigenvalue weighted by atomic mass is 16.5. The van der Waals surface area contributed by atoms with Crippen molar-refractivity contribution >= 4 is 17.7 Å². The summed E-state index contributed by atoms with van der Waals surface area (Å²) >= 11 is 0. The maximum atomic E-state index is 13.2. The Morgan fingerprint density at radius 2 is 1.88 bits per heavy atom. The predicted octanol–water partition coefficient (Wildman–Crippen LogP) is 3.74. The number of benzene rings is 1. The molecular weight excluding hydrogens is 420 g/mol. The van der Waals surface area contributed by atoms with Gasteiger partial charge >= 0.3 is 12.1 Å². The quantitative estimate of drug-likeness (QED) is 0.532. The number of hydrogen-bond acceptors (Lipinski definition) is 6. The van der Waals surface area contributed by atoms with Crippen molar-refractivity contribution in [2.45, 2.75) is 44.4 Å². The first kappa shape index (κ1) is 22.8. The molecule has 1 aliphatic rings. The van der Waals surface area contributed by atoms with E-state index in [1.807, 2.05) is 56.4 Å². The monoisotopic (exact) mass is 450 g/mol. The van der Waals surface area contributed by atoms with Crippen molar-refractivity contribution in [1.29, 1.82) is 0 Å². The van der Waals surface area contributed by atoms with Gasteiger partial charge in [0.1, 0.15) is 5.41 Å². The van der Waals surface area contributed by atoms with E-state index in [2.05, 4.69) is 10.1 Å². The summed E-state index contributed by atoms with van der Waals surface area (Å²) in [4.78, 5) is 31.4. The molecule has 2 aromatic heterocycles. The number of hydrogen-bond donors (Lipinski definition) is 0. The van der Waals surface area contributed by atoms with Gasteiger partial charge in [0.15, 0.2) is 5.65 Å². The molecule has 33 heavy (non-hydrogen) atoms. The first-order valence-electron chi connectivity index (χ1n) is 11.3. The van der Waals surface area contributed by atoms with Crippen molar-refractivity contribution in [2.75, 3.05) is 26.8 Å². The number of rotatable bonds is 6. The van der Waals surface area contributed by atoms with Crippen LogP contribution in [0.15, 0.2) is 48.8 Å². The molecule has 1 aromatic carbocycles. The lowest BCUT2D eigenvalue weighted by Crippen LogP contribution is -2.39. The SMILES string of the molecule is CCOC(=O)C(C)(Cc1ccccc1)c1ccnc2c(C3CCN(C(=O)OC)CC3)cnn12. The largest absolute Gasteiger partial charge is 0.465 e. The van der Waals surface area contributed by atoms with E-state index < -0.39 is 5.41 Å². The number of amides is 1. The van der Waals surface area contributed by atoms with E-state index >= 15 is 0 Å². The average molecular weight is 451 g/mol. The lowest BCUT2D eigenvalue weighted by molar-refractivity contribution is -0.149. The topological polar surface area (TPSA) is 86.0 Å². The zero-order valence-electron chi connectivity index (χ0n) is 19.4. The standard InChI is InChI=1S/C25H30N4O4/c1-4-33-23(30)25(2,16-18-8-6-5-7-9-18)21-10-13-26-22-20(17-27-29(21)22)19-11-14-28(15-12-19)24(31)32-3/h5-10,13,17,19H,4,11-12,14-16H2,1-3H3. The summed E-state index contributed by atoms with van der Waals surface area (Å²) in [5.41, 5.74) is 2.63. The van der Waals surface area contributed by atoms with Crippen molar-refractivity contribution in [3.63, 3.8) is 0 Å². The van der Waals surface area contributed by atoms with E-state index in [0.29, 0.717) is 26.1 Å². The number of carbonyl (C=O) groups excluding carboxylic acids is 2. The molecule has 8 heteroatoms. The van der Waals surface area contributed by atoms with Crippen molar-refractivity contribution in [2.24, 2.45) is 0 Å². The summed E-state index contributed by atoms with van der Waals surface area (Å²) in [5.74, 6) is -0.0566. The zero-order chi connectivity index (χ0) is 23.4. The highest BCUT2D eigenvalue weighted by Gasteiger charge is 2.40. The third kappa shape index (κ3) is 4.42. The first-order valence-corrected chi connectivity index (χ1v) is 11.3. The summed E-state index contributed by atoms with van der Waals surface area (Å²) in [5, 5.41) is 4.66. The smallest absolute Gasteiger partial charge is 0.409 e. The number of nitrogens with zero attached hydrogens (tertiary/aromatic N) is 4. The number of likely N-dealkylation sites (tertiary alicyclic amines) is 1. The van der Waals surface area contributed by atoms with Crippen molar-refractivity contribution in [3.05, 3.63) is 65.6 Å². The van der Waals surface area contributed by atoms with E-state index in [4.69, 9.17) is 9.47 Å². The van der Waals surface area contributed by atoms with Crippen molar-refractivity contribution in [1.82, 2.24) is 19.5 Å². The van der Waals surface area contributed by atoms with Gasteiger partial charge in [-0.25, -0.2) is 14.3 Å². The molecule has 3 aromatic rings. The number of aromatic nitrogens is 3. The van der Waals surface area contributed by atoms with Gasteiger partial charge in [0.25, 0.3) is 0 Å². The van der Waals surface area contributed by atoms with Crippen LogP contribution in [0.5, 0.6) is 0 Å². The van der Waals surface area contributed by atoms with Crippen LogP contribution in [0.4, 0.5) is 4.79 Å². The Morgan fingerprint density at radius 3 is 2.55 bits per heavy atom. The van der Waals surface area contributed by atoms with Gasteiger partial charge < -0.3 is 14.4 Å². The van der Waals surface area contributed by atoms with Gasteiger partial charge in [-0.05, 0) is 50.7 Å². The number of ether oxygens (including phenoxy) is 2. The molecule has 0 bridgehead atoms. The number of fused-ring (bicyclic) bond motifs is 1. The lowest BCUT2D eigenvalue weighted by Gasteiger charge is -2.30. The maximum Gasteiger partial charge on any atom is 0.409 e. The molecule has 1 unspecified atom stereocenters. The normalized spacial score (nSPS) is 16.4. The van der Waals surface area contributed by atoms with Gasteiger partial charge in [0.05, 0.1) is 25.6 Å². The van der Waals surface area contributed by atoms with Crippen LogP contribution in [0.2, 0.25) is 0 Å². The van der Waals surface area contributed by atoms with Crippen LogP contribution in [-0.2, 0) is 26.1 Å². The van der Waals surface area contributed by atoms with Gasteiger partial charge in [-0.1, -0.05) is 30.3 Å². The third-order valence-corrected chi connectivity index (χ3v) is 6.49. The Hall–Kier alpha value is -3.42. The van der Waals surface area contributed by atoms with Crippen LogP contribution in [0.3, 0.4) is 0 Å². The summed E-state index contributed by atoms with van der Waals surface area (Å²) in [6.45, 7) is 5.28. The Morgan fingerprint density at radius 1 is 1.15 bits per heavy atom. The molecule has 8 nitrogen and oxygen atoms in total. The Balaban J connectivity index is 1.69. The minimum atomic E-state index is -0.934. The summed E-state index contributed by atoms with van der Waals surface area (Å²) in [6.07, 6.45) is 5.39. The van der Waals surface area contributed by atoms with Crippen molar-refractivity contribution < 1.29 is 19.1 Å². The van der Waals surface area contributed by atoms with Gasteiger partial charge in [-0.3, -0.25) is 4.79 Å². The van der Waals surface area contributed by atoms with E-state index in [1.165, 1.54) is 7.11 Å². The zero-order valence-corrected chi connectivity index (χ0v) is 19.4. The summed E-state index contributed by atoms with van der Waals surface area (Å²) in [7, 11) is 1.40. The number of piperidine rings is 1. The molecule has 4 rings (SSSR count). The first-order chi connectivity index (χ1) is 16.0. The van der Waals surface area contributed by atoms with Gasteiger partial charge in [0, 0.05) is 24.8 Å². The van der Waals surface area contributed by atoms with E-state index in [1.54, 1.807) is 15.6 Å². The van der Waals surface area contributed by atoms with Gasteiger partial charge in [-0.15, -0.1) is 0 Å². The number of esters is 1. The third-order valence-electron chi connectivity index (χ3n) is 6.49. The molecule has 1 amide bonds. The molecule has 0 radical (unpaired) electrons. The average Bonchev–Trinajstić information content (AvgIpc) is 3.28. The van der Waals surface area contributed by atoms with Crippen molar-refractivity contribution in [3.8, 4) is 0 Å². The lowest BCUT2D eigenvalue weighted by atomic mass is 9.80. The fourth-order valence-electron chi connectivity index (χ4n) is 4.68. The van der Waals surface area contributed by atoms with Crippen LogP contribution in [0.25, 0.3) is 5.65 Å². The second kappa shape index (κ2) is 9.60. The molecule has 0 N–H and O–H groups in total. The van der Waals surface area contributed by atoms with Crippen LogP contribution in [0.1, 0.15) is 49.4 Å². The molecule has 1 fully saturated rings. The molecule has 174 valence electrons. The fourth-order valence-corrected chi connectivity index (χ4v) is 4.68. The maximum absolute atomic E-state index is 13.2. The van der Waals surface area contributed by atoms with E-state index in [-0.39, 0.29) is 18.0 Å². The molecule has 0 spiro atoms. The second-order valence-corrected chi connectivity index (χ2v) is 8.61. The van der Waals surface area contributed by atoms with Crippen LogP contribution in [0, 0.1) is 0 Å². The van der Waals surface area contributed by atoms with E-state index in [0.717, 1.165) is 35.3 Å². The van der Waals surface area contributed by atoms with E-state index in [9.17, 15) is 9.59 Å². The highest BCUT2D eigenvalue weighted by molar-refractivity contribution is 5.83. The molecule has 1 atom stereocenters. The highest BCUT2D eigenvalue weighted by Crippen LogP contribution is 2.34. The van der Waals surface area contributed by atoms with Gasteiger partial charge in [-0.2, -0.15) is 5.10 Å². The minimum Gasteiger partial charge on any atom is -0.465 e. The Kier molecular flexibility index (Phi) is 6.62. The van der Waals surface area contributed by atoms with Crippen LogP contribution in [-0.4, -0.2) is 58.4 Å². The molecule has 1 saturated heterocycles. The Bertz CT molecular complexity index is 1120. The second-order valence-electron chi connectivity index (χ2n) is 8.61. The van der Waals surface area contributed by atoms with Crippen LogP contribution >= 0.6 is 0 Å². The fraction of sp³-hybridized carbons (Fsp3) is 0.440. The minimum absolute atomic E-state index is 0.231. The van der Waals surface area contributed by atoms with Gasteiger partial charge in [0.2, 0.25) is 0 Å². The Labute approximate surface area is 193 Å².